The van der Waals surface area contributed by atoms with Gasteiger partial charge in [0.25, 0.3) is 0 Å². The summed E-state index contributed by atoms with van der Waals surface area (Å²) >= 11 is 1.59. The smallest absolute Gasteiger partial charge is 0.168 e. The molecule has 0 saturated heterocycles. The van der Waals surface area contributed by atoms with Crippen LogP contribution in [0.15, 0.2) is 23.6 Å². The molecule has 0 aliphatic rings. The molecule has 0 unspecified atom stereocenters. The first-order chi connectivity index (χ1) is 9.11. The number of nitrogens with one attached hydrogen (secondary N) is 1. The van der Waals surface area contributed by atoms with Gasteiger partial charge in [-0.2, -0.15) is 0 Å². The first-order valence-corrected chi connectivity index (χ1v) is 6.83. The van der Waals surface area contributed by atoms with Crippen molar-refractivity contribution in [2.75, 3.05) is 23.8 Å². The van der Waals surface area contributed by atoms with Crippen LogP contribution < -0.4 is 10.2 Å². The summed E-state index contributed by atoms with van der Waals surface area (Å²) < 4.78 is 27.3. The molecule has 0 saturated carbocycles. The highest BCUT2D eigenvalue weighted by Gasteiger charge is 2.15. The molecular formula is C13H15F2N3S. The molecule has 2 aromatic rings. The van der Waals surface area contributed by atoms with E-state index in [4.69, 9.17) is 0 Å². The monoisotopic (exact) mass is 283 g/mol. The van der Waals surface area contributed by atoms with Crippen LogP contribution in [-0.4, -0.2) is 18.6 Å². The first-order valence-electron chi connectivity index (χ1n) is 5.95. The van der Waals surface area contributed by atoms with E-state index in [0.29, 0.717) is 13.1 Å². The predicted molar refractivity (Wildman–Crippen MR) is 74.7 cm³/mol. The summed E-state index contributed by atoms with van der Waals surface area (Å²) in [6.07, 6.45) is 0. The molecule has 1 N–H and O–H groups in total. The summed E-state index contributed by atoms with van der Waals surface area (Å²) in [7, 11) is 1.73. The molecule has 3 nitrogen and oxygen atoms in total. The zero-order chi connectivity index (χ0) is 13.8. The number of aromatic nitrogens is 1. The molecule has 6 heteroatoms. The molecule has 0 aliphatic carbocycles. The second-order valence-corrected chi connectivity index (χ2v) is 5.12. The van der Waals surface area contributed by atoms with Crippen molar-refractivity contribution in [1.82, 2.24) is 4.98 Å². The number of hydrogen-bond donors (Lipinski definition) is 1. The third-order valence-electron chi connectivity index (χ3n) is 2.59. The van der Waals surface area contributed by atoms with Gasteiger partial charge in [0, 0.05) is 24.5 Å². The minimum absolute atomic E-state index is 0.0805. The Bertz CT molecular complexity index is 543. The topological polar surface area (TPSA) is 28.2 Å². The van der Waals surface area contributed by atoms with Crippen LogP contribution in [0.25, 0.3) is 0 Å². The average molecular weight is 283 g/mol. The molecule has 0 aromatic carbocycles. The molecule has 0 spiro atoms. The zero-order valence-corrected chi connectivity index (χ0v) is 11.6. The molecule has 2 aromatic heterocycles. The SMILES string of the molecule is CCNc1nc(N(C)Cc2cccs2)c(F)cc1F. The molecule has 0 atom stereocenters. The molecule has 2 heterocycles. The summed E-state index contributed by atoms with van der Waals surface area (Å²) in [5, 5.41) is 4.74. The molecule has 0 fully saturated rings. The quantitative estimate of drug-likeness (QED) is 0.910. The largest absolute Gasteiger partial charge is 0.368 e. The Morgan fingerprint density at radius 3 is 2.79 bits per heavy atom. The van der Waals surface area contributed by atoms with Crippen LogP contribution in [0.1, 0.15) is 11.8 Å². The van der Waals surface area contributed by atoms with E-state index in [2.05, 4.69) is 10.3 Å². The van der Waals surface area contributed by atoms with Gasteiger partial charge in [0.1, 0.15) is 0 Å². The number of halogens is 2. The molecular weight excluding hydrogens is 268 g/mol. The number of nitrogens with zero attached hydrogens (tertiary/aromatic N) is 2. The first kappa shape index (κ1) is 13.7. The van der Waals surface area contributed by atoms with Crippen molar-refractivity contribution >= 4 is 23.0 Å². The second kappa shape index (κ2) is 5.97. The summed E-state index contributed by atoms with van der Waals surface area (Å²) in [6.45, 7) is 2.90. The van der Waals surface area contributed by atoms with Crippen LogP contribution in [0.5, 0.6) is 0 Å². The van der Waals surface area contributed by atoms with Gasteiger partial charge < -0.3 is 10.2 Å². The standard InChI is InChI=1S/C13H15F2N3S/c1-3-16-12-10(14)7-11(15)13(17-12)18(2)8-9-5-4-6-19-9/h4-7H,3,8H2,1-2H3,(H,16,17). The van der Waals surface area contributed by atoms with Crippen LogP contribution in [0.3, 0.4) is 0 Å². The maximum Gasteiger partial charge on any atom is 0.168 e. The molecule has 0 aliphatic heterocycles. The Hall–Kier alpha value is -1.69. The van der Waals surface area contributed by atoms with E-state index in [9.17, 15) is 8.78 Å². The van der Waals surface area contributed by atoms with E-state index >= 15 is 0 Å². The Labute approximate surface area is 114 Å². The predicted octanol–water partition coefficient (Wildman–Crippen LogP) is 3.49. The minimum atomic E-state index is -0.673. The zero-order valence-electron chi connectivity index (χ0n) is 10.8. The van der Waals surface area contributed by atoms with E-state index in [1.807, 2.05) is 24.4 Å². The van der Waals surface area contributed by atoms with Gasteiger partial charge in [-0.25, -0.2) is 13.8 Å². The Morgan fingerprint density at radius 2 is 2.16 bits per heavy atom. The number of hydrogen-bond acceptors (Lipinski definition) is 4. The van der Waals surface area contributed by atoms with Gasteiger partial charge in [-0.1, -0.05) is 6.07 Å². The van der Waals surface area contributed by atoms with Gasteiger partial charge in [0.15, 0.2) is 23.3 Å². The van der Waals surface area contributed by atoms with Gasteiger partial charge in [-0.15, -0.1) is 11.3 Å². The summed E-state index contributed by atoms with van der Waals surface area (Å²) in [5.41, 5.74) is 0. The molecule has 102 valence electrons. The van der Waals surface area contributed by atoms with Crippen LogP contribution in [-0.2, 0) is 6.54 Å². The fourth-order valence-corrected chi connectivity index (χ4v) is 2.48. The maximum atomic E-state index is 13.8. The van der Waals surface area contributed by atoms with Crippen LogP contribution in [0.2, 0.25) is 0 Å². The summed E-state index contributed by atoms with van der Waals surface area (Å²) in [5.74, 6) is -1.10. The Kier molecular flexibility index (Phi) is 4.31. The maximum absolute atomic E-state index is 13.8. The van der Waals surface area contributed by atoms with Crippen molar-refractivity contribution in [3.8, 4) is 0 Å². The van der Waals surface area contributed by atoms with Crippen molar-refractivity contribution < 1.29 is 8.78 Å². The van der Waals surface area contributed by atoms with Gasteiger partial charge in [0.2, 0.25) is 0 Å². The van der Waals surface area contributed by atoms with Crippen LogP contribution in [0, 0.1) is 11.6 Å². The van der Waals surface area contributed by atoms with Crippen molar-refractivity contribution in [3.63, 3.8) is 0 Å². The molecule has 2 rings (SSSR count). The lowest BCUT2D eigenvalue weighted by molar-refractivity contribution is 0.572. The number of anilines is 2. The minimum Gasteiger partial charge on any atom is -0.368 e. The van der Waals surface area contributed by atoms with Crippen molar-refractivity contribution in [2.24, 2.45) is 0 Å². The van der Waals surface area contributed by atoms with E-state index in [1.54, 1.807) is 23.3 Å². The van der Waals surface area contributed by atoms with Gasteiger partial charge >= 0.3 is 0 Å². The highest BCUT2D eigenvalue weighted by atomic mass is 32.1. The number of rotatable bonds is 5. The van der Waals surface area contributed by atoms with E-state index in [0.717, 1.165) is 10.9 Å². The highest BCUT2D eigenvalue weighted by molar-refractivity contribution is 7.09. The third kappa shape index (κ3) is 3.20. The molecule has 0 amide bonds. The third-order valence-corrected chi connectivity index (χ3v) is 3.45. The molecule has 0 bridgehead atoms. The van der Waals surface area contributed by atoms with Crippen LogP contribution >= 0.6 is 11.3 Å². The van der Waals surface area contributed by atoms with Crippen molar-refractivity contribution in [2.45, 2.75) is 13.5 Å². The van der Waals surface area contributed by atoms with Gasteiger partial charge in [-0.3, -0.25) is 0 Å². The normalized spacial score (nSPS) is 10.5. The van der Waals surface area contributed by atoms with Crippen molar-refractivity contribution in [1.29, 1.82) is 0 Å². The van der Waals surface area contributed by atoms with E-state index < -0.39 is 11.6 Å². The van der Waals surface area contributed by atoms with E-state index in [-0.39, 0.29) is 11.6 Å². The van der Waals surface area contributed by atoms with Crippen molar-refractivity contribution in [3.05, 3.63) is 40.1 Å². The second-order valence-electron chi connectivity index (χ2n) is 4.09. The Morgan fingerprint density at radius 1 is 1.37 bits per heavy atom. The summed E-state index contributed by atoms with van der Waals surface area (Å²) in [4.78, 5) is 6.77. The van der Waals surface area contributed by atoms with E-state index in [1.165, 1.54) is 0 Å². The van der Waals surface area contributed by atoms with Crippen LogP contribution in [0.4, 0.5) is 20.4 Å². The highest BCUT2D eigenvalue weighted by Crippen LogP contribution is 2.23. The van der Waals surface area contributed by atoms with Gasteiger partial charge in [-0.05, 0) is 18.4 Å². The molecule has 0 radical (unpaired) electrons. The Balaban J connectivity index is 2.25. The number of pyridine rings is 1. The average Bonchev–Trinajstić information content (AvgIpc) is 2.85. The fraction of sp³-hybridized carbons (Fsp3) is 0.308. The number of thiophene rings is 1. The lowest BCUT2D eigenvalue weighted by Crippen LogP contribution is -2.19. The lowest BCUT2D eigenvalue weighted by atomic mass is 10.3. The fourth-order valence-electron chi connectivity index (χ4n) is 1.73. The van der Waals surface area contributed by atoms with Gasteiger partial charge in [0.05, 0.1) is 6.54 Å². The summed E-state index contributed by atoms with van der Waals surface area (Å²) in [6, 6.07) is 4.77. The lowest BCUT2D eigenvalue weighted by Gasteiger charge is -2.19. The molecule has 19 heavy (non-hydrogen) atoms.